The largest absolute Gasteiger partial charge is 0.493 e. The summed E-state index contributed by atoms with van der Waals surface area (Å²) >= 11 is 0.826. The van der Waals surface area contributed by atoms with Gasteiger partial charge in [0.15, 0.2) is 0 Å². The smallest absolute Gasteiger partial charge is 0.294 e. The van der Waals surface area contributed by atoms with E-state index in [1.807, 2.05) is 63.2 Å². The molecule has 1 aliphatic rings. The number of para-hydroxylation sites is 1. The highest BCUT2D eigenvalue weighted by Crippen LogP contribution is 2.34. The number of anilines is 1. The molecule has 3 rings (SSSR count). The van der Waals surface area contributed by atoms with Crippen LogP contribution in [0.5, 0.6) is 5.75 Å². The predicted octanol–water partition coefficient (Wildman–Crippen LogP) is 4.77. The molecule has 0 aromatic heterocycles. The molecule has 0 bridgehead atoms. The van der Waals surface area contributed by atoms with Crippen LogP contribution in [0.25, 0.3) is 6.08 Å². The summed E-state index contributed by atoms with van der Waals surface area (Å²) in [6.45, 7) is 6.10. The van der Waals surface area contributed by atoms with Crippen LogP contribution in [0.2, 0.25) is 0 Å². The molecule has 0 unspecified atom stereocenters. The maximum atomic E-state index is 12.7. The van der Waals surface area contributed by atoms with Crippen LogP contribution in [-0.4, -0.2) is 35.1 Å². The first-order chi connectivity index (χ1) is 14.4. The maximum Gasteiger partial charge on any atom is 0.294 e. The van der Waals surface area contributed by atoms with Crippen LogP contribution < -0.4 is 10.1 Å². The van der Waals surface area contributed by atoms with Gasteiger partial charge in [-0.3, -0.25) is 19.3 Å². The Morgan fingerprint density at radius 1 is 1.17 bits per heavy atom. The van der Waals surface area contributed by atoms with E-state index in [4.69, 9.17) is 4.74 Å². The molecule has 0 radical (unpaired) electrons. The van der Waals surface area contributed by atoms with Crippen molar-refractivity contribution in [3.05, 3.63) is 64.1 Å². The fraction of sp³-hybridized carbons (Fsp3) is 0.261. The van der Waals surface area contributed by atoms with Crippen molar-refractivity contribution in [3.8, 4) is 5.75 Å². The summed E-state index contributed by atoms with van der Waals surface area (Å²) < 4.78 is 5.71. The average molecular weight is 425 g/mol. The average Bonchev–Trinajstić information content (AvgIpc) is 2.97. The number of nitrogens with one attached hydrogen (secondary N) is 1. The van der Waals surface area contributed by atoms with E-state index in [9.17, 15) is 14.4 Å². The lowest BCUT2D eigenvalue weighted by atomic mass is 10.1. The van der Waals surface area contributed by atoms with Gasteiger partial charge >= 0.3 is 0 Å². The summed E-state index contributed by atoms with van der Waals surface area (Å²) in [7, 11) is 0. The molecule has 30 heavy (non-hydrogen) atoms. The molecule has 2 aromatic carbocycles. The van der Waals surface area contributed by atoms with Gasteiger partial charge in [0.25, 0.3) is 11.1 Å². The summed E-state index contributed by atoms with van der Waals surface area (Å²) in [4.78, 5) is 38.8. The number of thioether (sulfide) groups is 1. The number of aryl methyl sites for hydroxylation is 2. The van der Waals surface area contributed by atoms with E-state index < -0.39 is 17.1 Å². The highest BCUT2D eigenvalue weighted by Gasteiger charge is 2.36. The Hall–Kier alpha value is -3.06. The Morgan fingerprint density at radius 3 is 2.67 bits per heavy atom. The van der Waals surface area contributed by atoms with Crippen LogP contribution in [0.4, 0.5) is 10.5 Å². The molecule has 7 heteroatoms. The van der Waals surface area contributed by atoms with Gasteiger partial charge in [-0.25, -0.2) is 0 Å². The van der Waals surface area contributed by atoms with Crippen molar-refractivity contribution in [1.29, 1.82) is 0 Å². The Labute approximate surface area is 180 Å². The second-order valence-corrected chi connectivity index (χ2v) is 8.01. The number of hydrogen-bond acceptors (Lipinski definition) is 5. The summed E-state index contributed by atoms with van der Waals surface area (Å²) in [5.74, 6) is -0.248. The first kappa shape index (κ1) is 21.6. The van der Waals surface area contributed by atoms with Crippen LogP contribution in [-0.2, 0) is 9.59 Å². The second-order valence-electron chi connectivity index (χ2n) is 7.02. The van der Waals surface area contributed by atoms with E-state index in [0.717, 1.165) is 39.8 Å². The van der Waals surface area contributed by atoms with Gasteiger partial charge in [-0.05, 0) is 55.8 Å². The zero-order chi connectivity index (χ0) is 21.7. The summed E-state index contributed by atoms with van der Waals surface area (Å²) in [6, 6.07) is 13.0. The number of nitrogens with zero attached hydrogens (tertiary/aromatic N) is 1. The van der Waals surface area contributed by atoms with E-state index in [1.54, 1.807) is 6.08 Å². The SMILES string of the molecule is CCCOc1ccccc1/C=C1/SC(=O)N(CC(=O)Nc2ccc(C)cc2C)C1=O. The Balaban J connectivity index is 1.72. The molecule has 1 fully saturated rings. The molecule has 0 spiro atoms. The third-order valence-electron chi connectivity index (χ3n) is 4.50. The van der Waals surface area contributed by atoms with Crippen LogP contribution in [0.15, 0.2) is 47.4 Å². The van der Waals surface area contributed by atoms with Gasteiger partial charge in [-0.1, -0.05) is 42.8 Å². The van der Waals surface area contributed by atoms with E-state index in [1.165, 1.54) is 0 Å². The third-order valence-corrected chi connectivity index (χ3v) is 5.41. The first-order valence-electron chi connectivity index (χ1n) is 9.73. The number of benzene rings is 2. The standard InChI is InChI=1S/C23H24N2O4S/c1-4-11-29-19-8-6-5-7-17(19)13-20-22(27)25(23(28)30-20)14-21(26)24-18-10-9-15(2)12-16(18)3/h5-10,12-13H,4,11,14H2,1-3H3,(H,24,26)/b20-13+. The van der Waals surface area contributed by atoms with Crippen LogP contribution in [0, 0.1) is 13.8 Å². The maximum absolute atomic E-state index is 12.7. The Kier molecular flexibility index (Phi) is 6.95. The number of rotatable bonds is 7. The Morgan fingerprint density at radius 2 is 1.93 bits per heavy atom. The van der Waals surface area contributed by atoms with Crippen molar-refractivity contribution < 1.29 is 19.1 Å². The first-order valence-corrected chi connectivity index (χ1v) is 10.5. The van der Waals surface area contributed by atoms with Gasteiger partial charge in [0.1, 0.15) is 12.3 Å². The van der Waals surface area contributed by atoms with Gasteiger partial charge < -0.3 is 10.1 Å². The molecule has 2 aromatic rings. The van der Waals surface area contributed by atoms with Crippen molar-refractivity contribution in [2.75, 3.05) is 18.5 Å². The highest BCUT2D eigenvalue weighted by molar-refractivity contribution is 8.18. The van der Waals surface area contributed by atoms with Crippen molar-refractivity contribution in [2.45, 2.75) is 27.2 Å². The van der Waals surface area contributed by atoms with E-state index in [-0.39, 0.29) is 11.4 Å². The predicted molar refractivity (Wildman–Crippen MR) is 119 cm³/mol. The monoisotopic (exact) mass is 424 g/mol. The normalized spacial score (nSPS) is 15.0. The summed E-state index contributed by atoms with van der Waals surface area (Å²) in [6.07, 6.45) is 2.50. The highest BCUT2D eigenvalue weighted by atomic mass is 32.2. The van der Waals surface area contributed by atoms with Gasteiger partial charge in [-0.2, -0.15) is 0 Å². The van der Waals surface area contributed by atoms with Crippen LogP contribution in [0.3, 0.4) is 0 Å². The van der Waals surface area contributed by atoms with Crippen molar-refractivity contribution in [3.63, 3.8) is 0 Å². The van der Waals surface area contributed by atoms with Gasteiger partial charge in [0.2, 0.25) is 5.91 Å². The molecule has 6 nitrogen and oxygen atoms in total. The number of imide groups is 1. The molecule has 1 saturated heterocycles. The summed E-state index contributed by atoms with van der Waals surface area (Å²) in [5.41, 5.74) is 3.39. The zero-order valence-electron chi connectivity index (χ0n) is 17.2. The van der Waals surface area contributed by atoms with E-state index >= 15 is 0 Å². The number of hydrogen-bond donors (Lipinski definition) is 1. The lowest BCUT2D eigenvalue weighted by Crippen LogP contribution is -2.36. The van der Waals surface area contributed by atoms with E-state index in [2.05, 4.69) is 5.32 Å². The molecule has 0 atom stereocenters. The van der Waals surface area contributed by atoms with Crippen LogP contribution >= 0.6 is 11.8 Å². The lowest BCUT2D eigenvalue weighted by Gasteiger charge is -2.14. The lowest BCUT2D eigenvalue weighted by molar-refractivity contribution is -0.127. The van der Waals surface area contributed by atoms with Crippen molar-refractivity contribution in [2.24, 2.45) is 0 Å². The molecule has 156 valence electrons. The summed E-state index contributed by atoms with van der Waals surface area (Å²) in [5, 5.41) is 2.30. The molecule has 1 heterocycles. The quantitative estimate of drug-likeness (QED) is 0.648. The van der Waals surface area contributed by atoms with Gasteiger partial charge in [-0.15, -0.1) is 0 Å². The number of ether oxygens (including phenoxy) is 1. The second kappa shape index (κ2) is 9.63. The minimum Gasteiger partial charge on any atom is -0.493 e. The fourth-order valence-electron chi connectivity index (χ4n) is 3.01. The molecule has 0 aliphatic carbocycles. The van der Waals surface area contributed by atoms with E-state index in [0.29, 0.717) is 18.0 Å². The topological polar surface area (TPSA) is 75.7 Å². The van der Waals surface area contributed by atoms with Crippen LogP contribution in [0.1, 0.15) is 30.0 Å². The van der Waals surface area contributed by atoms with Crippen molar-refractivity contribution >= 4 is 40.6 Å². The number of carbonyl (C=O) groups is 3. The van der Waals surface area contributed by atoms with Gasteiger partial charge in [0, 0.05) is 11.3 Å². The third kappa shape index (κ3) is 5.10. The fourth-order valence-corrected chi connectivity index (χ4v) is 3.84. The molecule has 3 amide bonds. The molecule has 1 aliphatic heterocycles. The van der Waals surface area contributed by atoms with Crippen molar-refractivity contribution in [1.82, 2.24) is 4.90 Å². The molecule has 0 saturated carbocycles. The molecular weight excluding hydrogens is 400 g/mol. The number of carbonyl (C=O) groups excluding carboxylic acids is 3. The van der Waals surface area contributed by atoms with Gasteiger partial charge in [0.05, 0.1) is 11.5 Å². The molecule has 1 N–H and O–H groups in total. The molecular formula is C23H24N2O4S. The zero-order valence-corrected chi connectivity index (χ0v) is 18.0. The minimum atomic E-state index is -0.480. The number of amides is 3. The Bertz CT molecular complexity index is 1020. The minimum absolute atomic E-state index is 0.270.